The predicted octanol–water partition coefficient (Wildman–Crippen LogP) is 1.10. The number of amides is 2. The van der Waals surface area contributed by atoms with Crippen molar-refractivity contribution in [3.63, 3.8) is 0 Å². The van der Waals surface area contributed by atoms with Crippen molar-refractivity contribution in [1.29, 1.82) is 0 Å². The number of carbonyl (C=O) groups is 2. The van der Waals surface area contributed by atoms with Crippen molar-refractivity contribution in [2.75, 3.05) is 6.54 Å². The molecule has 1 N–H and O–H groups in total. The van der Waals surface area contributed by atoms with Crippen LogP contribution in [0, 0.1) is 0 Å². The van der Waals surface area contributed by atoms with E-state index in [1.165, 1.54) is 18.1 Å². The molecule has 0 saturated carbocycles. The molecule has 1 aromatic carbocycles. The highest BCUT2D eigenvalue weighted by Gasteiger charge is 2.24. The molecule has 0 spiro atoms. The van der Waals surface area contributed by atoms with Gasteiger partial charge in [0, 0.05) is 20.0 Å². The van der Waals surface area contributed by atoms with Gasteiger partial charge in [0.05, 0.1) is 0 Å². The van der Waals surface area contributed by atoms with E-state index >= 15 is 0 Å². The van der Waals surface area contributed by atoms with Gasteiger partial charge in [0.25, 0.3) is 0 Å². The van der Waals surface area contributed by atoms with Gasteiger partial charge in [0.1, 0.15) is 6.04 Å². The van der Waals surface area contributed by atoms with Crippen LogP contribution in [-0.2, 0) is 22.6 Å². The van der Waals surface area contributed by atoms with Gasteiger partial charge in [0.15, 0.2) is 0 Å². The summed E-state index contributed by atoms with van der Waals surface area (Å²) in [5.41, 5.74) is 2.51. The number of benzene rings is 1. The largest absolute Gasteiger partial charge is 0.345 e. The fourth-order valence-corrected chi connectivity index (χ4v) is 2.32. The van der Waals surface area contributed by atoms with Gasteiger partial charge in [-0.15, -0.1) is 0 Å². The number of hydrogen-bond donors (Lipinski definition) is 1. The molecule has 2 rings (SSSR count). The van der Waals surface area contributed by atoms with E-state index in [-0.39, 0.29) is 11.8 Å². The van der Waals surface area contributed by atoms with E-state index < -0.39 is 6.04 Å². The molecule has 1 aromatic rings. The maximum atomic E-state index is 12.2. The van der Waals surface area contributed by atoms with E-state index in [0.29, 0.717) is 6.54 Å². The third-order valence-electron chi connectivity index (χ3n) is 3.23. The van der Waals surface area contributed by atoms with Gasteiger partial charge in [-0.1, -0.05) is 24.3 Å². The molecule has 1 heterocycles. The standard InChI is InChI=1S/C14H18N2O2/c1-10(15-11(2)17)14(18)16-8-7-12-5-3-4-6-13(12)9-16/h3-6,10H,7-9H2,1-2H3,(H,15,17)/t10-/m1/s1. The fraction of sp³-hybridized carbons (Fsp3) is 0.429. The molecule has 18 heavy (non-hydrogen) atoms. The van der Waals surface area contributed by atoms with Gasteiger partial charge in [-0.2, -0.15) is 0 Å². The quantitative estimate of drug-likeness (QED) is 0.849. The third-order valence-corrected chi connectivity index (χ3v) is 3.23. The Labute approximate surface area is 107 Å². The van der Waals surface area contributed by atoms with Crippen molar-refractivity contribution in [2.24, 2.45) is 0 Å². The predicted molar refractivity (Wildman–Crippen MR) is 68.8 cm³/mol. The monoisotopic (exact) mass is 246 g/mol. The lowest BCUT2D eigenvalue weighted by atomic mass is 9.99. The molecular weight excluding hydrogens is 228 g/mol. The van der Waals surface area contributed by atoms with Crippen LogP contribution in [0.4, 0.5) is 0 Å². The Balaban J connectivity index is 2.04. The Hall–Kier alpha value is -1.84. The van der Waals surface area contributed by atoms with Gasteiger partial charge in [-0.25, -0.2) is 0 Å². The van der Waals surface area contributed by atoms with Crippen molar-refractivity contribution < 1.29 is 9.59 Å². The van der Waals surface area contributed by atoms with Crippen molar-refractivity contribution in [3.8, 4) is 0 Å². The lowest BCUT2D eigenvalue weighted by Gasteiger charge is -2.31. The summed E-state index contributed by atoms with van der Waals surface area (Å²) >= 11 is 0. The Morgan fingerprint density at radius 2 is 1.94 bits per heavy atom. The van der Waals surface area contributed by atoms with Gasteiger partial charge in [-0.05, 0) is 24.5 Å². The van der Waals surface area contributed by atoms with E-state index in [9.17, 15) is 9.59 Å². The number of hydrogen-bond acceptors (Lipinski definition) is 2. The summed E-state index contributed by atoms with van der Waals surface area (Å²) in [4.78, 5) is 24.9. The lowest BCUT2D eigenvalue weighted by Crippen LogP contribution is -2.47. The summed E-state index contributed by atoms with van der Waals surface area (Å²) in [5.74, 6) is -0.187. The number of nitrogens with one attached hydrogen (secondary N) is 1. The maximum absolute atomic E-state index is 12.2. The average Bonchev–Trinajstić information content (AvgIpc) is 2.36. The summed E-state index contributed by atoms with van der Waals surface area (Å²) in [7, 11) is 0. The summed E-state index contributed by atoms with van der Waals surface area (Å²) in [6.45, 7) is 4.51. The second-order valence-corrected chi connectivity index (χ2v) is 4.70. The van der Waals surface area contributed by atoms with Crippen molar-refractivity contribution in [1.82, 2.24) is 10.2 Å². The third kappa shape index (κ3) is 2.70. The molecule has 2 amide bonds. The van der Waals surface area contributed by atoms with Crippen molar-refractivity contribution >= 4 is 11.8 Å². The highest BCUT2D eigenvalue weighted by Crippen LogP contribution is 2.18. The SMILES string of the molecule is CC(=O)N[C@H](C)C(=O)N1CCc2ccccc2C1. The Bertz CT molecular complexity index is 471. The summed E-state index contributed by atoms with van der Waals surface area (Å²) in [6, 6.07) is 7.72. The summed E-state index contributed by atoms with van der Waals surface area (Å²) in [5, 5.41) is 2.63. The van der Waals surface area contributed by atoms with E-state index in [1.54, 1.807) is 6.92 Å². The van der Waals surface area contributed by atoms with Crippen LogP contribution in [0.5, 0.6) is 0 Å². The highest BCUT2D eigenvalue weighted by molar-refractivity contribution is 5.86. The van der Waals surface area contributed by atoms with E-state index in [2.05, 4.69) is 17.4 Å². The maximum Gasteiger partial charge on any atom is 0.245 e. The molecule has 0 aromatic heterocycles. The van der Waals surface area contributed by atoms with Crippen LogP contribution in [0.15, 0.2) is 24.3 Å². The van der Waals surface area contributed by atoms with Crippen LogP contribution in [-0.4, -0.2) is 29.3 Å². The first-order valence-corrected chi connectivity index (χ1v) is 6.20. The first-order chi connectivity index (χ1) is 8.58. The van der Waals surface area contributed by atoms with Gasteiger partial charge in [-0.3, -0.25) is 9.59 Å². The van der Waals surface area contributed by atoms with E-state index in [0.717, 1.165) is 13.0 Å². The number of carbonyl (C=O) groups excluding carboxylic acids is 2. The zero-order valence-corrected chi connectivity index (χ0v) is 10.8. The Morgan fingerprint density at radius 1 is 1.28 bits per heavy atom. The first-order valence-electron chi connectivity index (χ1n) is 6.20. The topological polar surface area (TPSA) is 49.4 Å². The minimum absolute atomic E-state index is 0.0142. The van der Waals surface area contributed by atoms with E-state index in [1.807, 2.05) is 17.0 Å². The molecule has 0 bridgehead atoms. The lowest BCUT2D eigenvalue weighted by molar-refractivity contribution is -0.136. The van der Waals surface area contributed by atoms with Crippen LogP contribution >= 0.6 is 0 Å². The number of fused-ring (bicyclic) bond motifs is 1. The minimum Gasteiger partial charge on any atom is -0.345 e. The molecule has 0 saturated heterocycles. The molecule has 0 radical (unpaired) electrons. The van der Waals surface area contributed by atoms with Gasteiger partial charge >= 0.3 is 0 Å². The van der Waals surface area contributed by atoms with Crippen LogP contribution in [0.3, 0.4) is 0 Å². The van der Waals surface area contributed by atoms with Gasteiger partial charge < -0.3 is 10.2 Å². The van der Waals surface area contributed by atoms with Crippen LogP contribution < -0.4 is 5.32 Å². The van der Waals surface area contributed by atoms with Crippen LogP contribution in [0.2, 0.25) is 0 Å². The molecule has 96 valence electrons. The fourth-order valence-electron chi connectivity index (χ4n) is 2.32. The second kappa shape index (κ2) is 5.21. The van der Waals surface area contributed by atoms with Crippen molar-refractivity contribution in [3.05, 3.63) is 35.4 Å². The van der Waals surface area contributed by atoms with Crippen LogP contribution in [0.25, 0.3) is 0 Å². The van der Waals surface area contributed by atoms with E-state index in [4.69, 9.17) is 0 Å². The van der Waals surface area contributed by atoms with Crippen molar-refractivity contribution in [2.45, 2.75) is 32.9 Å². The smallest absolute Gasteiger partial charge is 0.245 e. The molecule has 1 aliphatic heterocycles. The molecule has 0 aliphatic carbocycles. The molecular formula is C14H18N2O2. The average molecular weight is 246 g/mol. The Morgan fingerprint density at radius 3 is 2.61 bits per heavy atom. The summed E-state index contributed by atoms with van der Waals surface area (Å²) < 4.78 is 0. The Kier molecular flexibility index (Phi) is 3.65. The minimum atomic E-state index is -0.451. The molecule has 4 heteroatoms. The molecule has 4 nitrogen and oxygen atoms in total. The van der Waals surface area contributed by atoms with Crippen LogP contribution in [0.1, 0.15) is 25.0 Å². The second-order valence-electron chi connectivity index (χ2n) is 4.70. The molecule has 0 fully saturated rings. The normalized spacial score (nSPS) is 15.8. The zero-order valence-electron chi connectivity index (χ0n) is 10.8. The molecule has 1 atom stereocenters. The highest BCUT2D eigenvalue weighted by atomic mass is 16.2. The first kappa shape index (κ1) is 12.6. The summed E-state index contributed by atoms with van der Waals surface area (Å²) in [6.07, 6.45) is 0.884. The number of nitrogens with zero attached hydrogens (tertiary/aromatic N) is 1. The number of rotatable bonds is 2. The molecule has 0 unspecified atom stereocenters. The molecule has 1 aliphatic rings. The zero-order chi connectivity index (χ0) is 13.1. The van der Waals surface area contributed by atoms with Gasteiger partial charge in [0.2, 0.25) is 11.8 Å².